The third kappa shape index (κ3) is 3.20. The van der Waals surface area contributed by atoms with Crippen LogP contribution < -0.4 is 5.56 Å². The summed E-state index contributed by atoms with van der Waals surface area (Å²) in [5, 5.41) is 1.27. The average Bonchev–Trinajstić information content (AvgIpc) is 2.57. The predicted molar refractivity (Wildman–Crippen MR) is 94.1 cm³/mol. The minimum atomic E-state index is -0.0629. The summed E-state index contributed by atoms with van der Waals surface area (Å²) in [6, 6.07) is 7.52. The third-order valence-corrected chi connectivity index (χ3v) is 5.84. The Morgan fingerprint density at radius 1 is 1.30 bits per heavy atom. The lowest BCUT2D eigenvalue weighted by atomic mass is 9.99. The fourth-order valence-corrected chi connectivity index (χ4v) is 4.30. The molecule has 1 fully saturated rings. The highest BCUT2D eigenvalue weighted by Crippen LogP contribution is 2.32. The van der Waals surface area contributed by atoms with Gasteiger partial charge >= 0.3 is 0 Å². The van der Waals surface area contributed by atoms with Crippen LogP contribution in [0.25, 0.3) is 10.9 Å². The fraction of sp³-hybridized carbons (Fsp3) is 0.500. The Bertz CT molecular complexity index is 784. The molecule has 1 aromatic carbocycles. The van der Waals surface area contributed by atoms with Gasteiger partial charge in [-0.15, -0.1) is 0 Å². The molecule has 1 saturated carbocycles. The monoisotopic (exact) mass is 330 g/mol. The molecule has 1 aromatic heterocycles. The molecule has 3 rings (SSSR count). The molecule has 1 heterocycles. The van der Waals surface area contributed by atoms with Crippen LogP contribution in [0.5, 0.6) is 0 Å². The largest absolute Gasteiger partial charge is 0.298 e. The maximum Gasteiger partial charge on any atom is 0.262 e. The Hall–Kier alpha value is -1.62. The molecule has 0 N–H and O–H groups in total. The van der Waals surface area contributed by atoms with E-state index in [4.69, 9.17) is 4.98 Å². The van der Waals surface area contributed by atoms with Gasteiger partial charge in [-0.25, -0.2) is 4.98 Å². The molecule has 4 nitrogen and oxygen atoms in total. The van der Waals surface area contributed by atoms with Crippen molar-refractivity contribution in [3.8, 4) is 0 Å². The minimum absolute atomic E-state index is 0.00397. The van der Waals surface area contributed by atoms with Gasteiger partial charge in [0.15, 0.2) is 5.16 Å². The highest BCUT2D eigenvalue weighted by molar-refractivity contribution is 8.00. The van der Waals surface area contributed by atoms with Crippen molar-refractivity contribution < 1.29 is 4.79 Å². The number of rotatable bonds is 4. The molecule has 23 heavy (non-hydrogen) atoms. The number of para-hydroxylation sites is 1. The maximum atomic E-state index is 12.9. The van der Waals surface area contributed by atoms with Crippen LogP contribution in [0.2, 0.25) is 0 Å². The van der Waals surface area contributed by atoms with Crippen molar-refractivity contribution >= 4 is 28.4 Å². The molecule has 2 aromatic rings. The first-order valence-electron chi connectivity index (χ1n) is 8.32. The molecule has 0 amide bonds. The molecule has 0 bridgehead atoms. The first-order chi connectivity index (χ1) is 11.1. The summed E-state index contributed by atoms with van der Waals surface area (Å²) in [5.74, 6) is 0.291. The van der Waals surface area contributed by atoms with Crippen molar-refractivity contribution in [2.24, 2.45) is 0 Å². The number of Topliss-reactive ketones (excluding diaryl/α,β-unsaturated/α-hetero) is 1. The molecule has 1 aliphatic carbocycles. The van der Waals surface area contributed by atoms with Crippen molar-refractivity contribution in [3.63, 3.8) is 0 Å². The number of ketones is 1. The normalized spacial score (nSPS) is 19.9. The number of fused-ring (bicyclic) bond motifs is 1. The molecule has 0 radical (unpaired) electrons. The number of benzene rings is 1. The number of thioether (sulfide) groups is 1. The zero-order chi connectivity index (χ0) is 16.4. The first kappa shape index (κ1) is 16.2. The highest BCUT2D eigenvalue weighted by atomic mass is 32.2. The molecule has 0 saturated heterocycles. The molecule has 0 spiro atoms. The SMILES string of the molecule is CC[C@@H](C)n1c(S[C@@H]2CCCCC2=O)nc2ccccc2c1=O. The summed E-state index contributed by atoms with van der Waals surface area (Å²) in [6.07, 6.45) is 4.45. The fourth-order valence-electron chi connectivity index (χ4n) is 2.98. The van der Waals surface area contributed by atoms with Crippen molar-refractivity contribution in [2.75, 3.05) is 0 Å². The highest BCUT2D eigenvalue weighted by Gasteiger charge is 2.26. The van der Waals surface area contributed by atoms with Gasteiger partial charge in [0.2, 0.25) is 0 Å². The number of carbonyl (C=O) groups is 1. The summed E-state index contributed by atoms with van der Waals surface area (Å²) in [5.41, 5.74) is 0.707. The van der Waals surface area contributed by atoms with Crippen molar-refractivity contribution in [2.45, 2.75) is 62.4 Å². The van der Waals surface area contributed by atoms with Gasteiger partial charge in [-0.05, 0) is 38.3 Å². The van der Waals surface area contributed by atoms with E-state index in [2.05, 4.69) is 6.92 Å². The zero-order valence-corrected chi connectivity index (χ0v) is 14.4. The molecular formula is C18H22N2O2S. The lowest BCUT2D eigenvalue weighted by molar-refractivity contribution is -0.119. The molecular weight excluding hydrogens is 308 g/mol. The van der Waals surface area contributed by atoms with Crippen LogP contribution >= 0.6 is 11.8 Å². The van der Waals surface area contributed by atoms with Gasteiger partial charge in [0.05, 0.1) is 16.2 Å². The number of hydrogen-bond donors (Lipinski definition) is 0. The lowest BCUT2D eigenvalue weighted by Gasteiger charge is -2.23. The van der Waals surface area contributed by atoms with Crippen LogP contribution in [0, 0.1) is 0 Å². The Kier molecular flexibility index (Phi) is 4.85. The summed E-state index contributed by atoms with van der Waals surface area (Å²) in [6.45, 7) is 4.09. The zero-order valence-electron chi connectivity index (χ0n) is 13.6. The van der Waals surface area contributed by atoms with Crippen molar-refractivity contribution in [1.82, 2.24) is 9.55 Å². The van der Waals surface area contributed by atoms with E-state index >= 15 is 0 Å². The van der Waals surface area contributed by atoms with Gasteiger partial charge in [-0.1, -0.05) is 37.2 Å². The van der Waals surface area contributed by atoms with Crippen LogP contribution in [0.4, 0.5) is 0 Å². The van der Waals surface area contributed by atoms with Gasteiger partial charge in [-0.2, -0.15) is 0 Å². The van der Waals surface area contributed by atoms with Gasteiger partial charge < -0.3 is 0 Å². The van der Waals surface area contributed by atoms with Gasteiger partial charge in [0.25, 0.3) is 5.56 Å². The third-order valence-electron chi connectivity index (χ3n) is 4.55. The molecule has 122 valence electrons. The standard InChI is InChI=1S/C18H22N2O2S/c1-3-12(2)20-17(22)13-8-4-5-9-14(13)19-18(20)23-16-11-7-6-10-15(16)21/h4-5,8-9,12,16H,3,6-7,10-11H2,1-2H3/t12-,16-/m1/s1. The number of hydrogen-bond acceptors (Lipinski definition) is 4. The number of carbonyl (C=O) groups excluding carboxylic acids is 1. The minimum Gasteiger partial charge on any atom is -0.298 e. The molecule has 5 heteroatoms. The van der Waals surface area contributed by atoms with E-state index in [9.17, 15) is 9.59 Å². The van der Waals surface area contributed by atoms with Gasteiger partial charge in [0.1, 0.15) is 5.78 Å². The molecule has 0 unspecified atom stereocenters. The number of aromatic nitrogens is 2. The van der Waals surface area contributed by atoms with Crippen LogP contribution in [-0.2, 0) is 4.79 Å². The Labute approximate surface area is 140 Å². The summed E-state index contributed by atoms with van der Waals surface area (Å²) in [7, 11) is 0. The second-order valence-electron chi connectivity index (χ2n) is 6.16. The van der Waals surface area contributed by atoms with E-state index in [-0.39, 0.29) is 16.9 Å². The molecule has 0 aliphatic heterocycles. The smallest absolute Gasteiger partial charge is 0.262 e. The first-order valence-corrected chi connectivity index (χ1v) is 9.20. The van der Waals surface area contributed by atoms with E-state index in [1.54, 1.807) is 4.57 Å². The van der Waals surface area contributed by atoms with E-state index in [0.717, 1.165) is 25.7 Å². The summed E-state index contributed by atoms with van der Waals surface area (Å²) < 4.78 is 1.77. The topological polar surface area (TPSA) is 52.0 Å². The van der Waals surface area contributed by atoms with E-state index in [1.165, 1.54) is 11.8 Å². The Balaban J connectivity index is 2.10. The van der Waals surface area contributed by atoms with E-state index < -0.39 is 0 Å². The van der Waals surface area contributed by atoms with Gasteiger partial charge in [0, 0.05) is 12.5 Å². The van der Waals surface area contributed by atoms with Crippen molar-refractivity contribution in [1.29, 1.82) is 0 Å². The maximum absolute atomic E-state index is 12.9. The average molecular weight is 330 g/mol. The van der Waals surface area contributed by atoms with Gasteiger partial charge in [-0.3, -0.25) is 14.2 Å². The van der Waals surface area contributed by atoms with Crippen LogP contribution in [0.3, 0.4) is 0 Å². The van der Waals surface area contributed by atoms with Crippen LogP contribution in [0.15, 0.2) is 34.2 Å². The van der Waals surface area contributed by atoms with Crippen LogP contribution in [-0.4, -0.2) is 20.6 Å². The van der Waals surface area contributed by atoms with Crippen LogP contribution in [0.1, 0.15) is 52.0 Å². The lowest BCUT2D eigenvalue weighted by Crippen LogP contribution is -2.28. The summed E-state index contributed by atoms with van der Waals surface area (Å²) >= 11 is 1.47. The Morgan fingerprint density at radius 3 is 2.83 bits per heavy atom. The van der Waals surface area contributed by atoms with E-state index in [1.807, 2.05) is 31.2 Å². The predicted octanol–water partition coefficient (Wildman–Crippen LogP) is 3.97. The molecule has 1 aliphatic rings. The second-order valence-corrected chi connectivity index (χ2v) is 7.33. The van der Waals surface area contributed by atoms with E-state index in [0.29, 0.717) is 28.3 Å². The molecule has 2 atom stereocenters. The van der Waals surface area contributed by atoms with Crippen molar-refractivity contribution in [3.05, 3.63) is 34.6 Å². The quantitative estimate of drug-likeness (QED) is 0.796. The second kappa shape index (κ2) is 6.87. The number of nitrogens with zero attached hydrogens (tertiary/aromatic N) is 2. The Morgan fingerprint density at radius 2 is 2.09 bits per heavy atom. The summed E-state index contributed by atoms with van der Waals surface area (Å²) in [4.78, 5) is 29.8.